The van der Waals surface area contributed by atoms with E-state index >= 15 is 0 Å². The van der Waals surface area contributed by atoms with Crippen LogP contribution in [0.25, 0.3) is 0 Å². The zero-order chi connectivity index (χ0) is 12.7. The number of hydrogen-bond donors (Lipinski definition) is 1. The Kier molecular flexibility index (Phi) is 2.93. The Morgan fingerprint density at radius 2 is 2.28 bits per heavy atom. The summed E-state index contributed by atoms with van der Waals surface area (Å²) in [5.74, 6) is 1.53. The molecule has 2 atom stereocenters. The summed E-state index contributed by atoms with van der Waals surface area (Å²) < 4.78 is 6.76. The van der Waals surface area contributed by atoms with Gasteiger partial charge in [-0.3, -0.25) is 0 Å². The highest BCUT2D eigenvalue weighted by molar-refractivity contribution is 9.10. The highest BCUT2D eigenvalue weighted by Crippen LogP contribution is 2.42. The van der Waals surface area contributed by atoms with Gasteiger partial charge in [0.1, 0.15) is 5.75 Å². The number of carboxylic acid groups (broad SMARTS) is 1. The van der Waals surface area contributed by atoms with Crippen molar-refractivity contribution in [2.24, 2.45) is 5.92 Å². The molecule has 96 valence electrons. The largest absolute Gasteiger partial charge is 0.493 e. The molecule has 1 aromatic carbocycles. The minimum atomic E-state index is -0.819. The molecule has 2 aliphatic rings. The molecule has 0 unspecified atom stereocenters. The summed E-state index contributed by atoms with van der Waals surface area (Å²) in [6.07, 6.45) is 0.0985. The lowest BCUT2D eigenvalue weighted by atomic mass is 9.87. The number of likely N-dealkylation sites (tertiary alicyclic amines) is 1. The minimum absolute atomic E-state index is 0.260. The predicted molar refractivity (Wildman–Crippen MR) is 70.1 cm³/mol. The molecule has 1 N–H and O–H groups in total. The maximum atomic E-state index is 11.1. The first-order valence-electron chi connectivity index (χ1n) is 6.05. The summed E-state index contributed by atoms with van der Waals surface area (Å²) in [5.41, 5.74) is 1.13. The van der Waals surface area contributed by atoms with Crippen molar-refractivity contribution in [3.63, 3.8) is 0 Å². The molecule has 0 aliphatic carbocycles. The van der Waals surface area contributed by atoms with Gasteiger partial charge in [-0.15, -0.1) is 0 Å². The van der Waals surface area contributed by atoms with Crippen molar-refractivity contribution in [3.05, 3.63) is 28.2 Å². The van der Waals surface area contributed by atoms with Crippen molar-refractivity contribution in [1.82, 2.24) is 4.90 Å². The van der Waals surface area contributed by atoms with Gasteiger partial charge in [-0.1, -0.05) is 15.9 Å². The van der Waals surface area contributed by atoms with Crippen LogP contribution in [-0.4, -0.2) is 35.8 Å². The Morgan fingerprint density at radius 1 is 1.44 bits per heavy atom. The molecule has 18 heavy (non-hydrogen) atoms. The second-order valence-electron chi connectivity index (χ2n) is 4.87. The average molecular weight is 312 g/mol. The number of nitrogens with zero attached hydrogens (tertiary/aromatic N) is 1. The second-order valence-corrected chi connectivity index (χ2v) is 5.79. The summed E-state index contributed by atoms with van der Waals surface area (Å²) in [4.78, 5) is 12.6. The summed E-state index contributed by atoms with van der Waals surface area (Å²) in [6.45, 7) is 1.87. The van der Waals surface area contributed by atoms with Crippen molar-refractivity contribution in [2.45, 2.75) is 12.3 Å². The highest BCUT2D eigenvalue weighted by atomic mass is 79.9. The first-order valence-corrected chi connectivity index (χ1v) is 6.84. The number of ether oxygens (including phenoxy) is 1. The molecule has 0 aromatic heterocycles. The fourth-order valence-electron chi connectivity index (χ4n) is 2.93. The van der Waals surface area contributed by atoms with E-state index in [1.165, 1.54) is 4.90 Å². The number of halogens is 1. The van der Waals surface area contributed by atoms with Gasteiger partial charge < -0.3 is 14.7 Å². The van der Waals surface area contributed by atoms with E-state index in [9.17, 15) is 4.79 Å². The Bertz CT molecular complexity index is 491. The number of benzene rings is 1. The molecule has 5 heteroatoms. The molecular formula is C13H14BrNO3. The average Bonchev–Trinajstić information content (AvgIpc) is 2.68. The monoisotopic (exact) mass is 311 g/mol. The third kappa shape index (κ3) is 1.96. The molecule has 1 saturated heterocycles. The van der Waals surface area contributed by atoms with E-state index in [1.807, 2.05) is 12.1 Å². The molecular weight excluding hydrogens is 298 g/mol. The van der Waals surface area contributed by atoms with Crippen molar-refractivity contribution < 1.29 is 14.6 Å². The zero-order valence-electron chi connectivity index (χ0n) is 9.80. The highest BCUT2D eigenvalue weighted by Gasteiger charge is 2.38. The van der Waals surface area contributed by atoms with Crippen molar-refractivity contribution in [2.75, 3.05) is 19.7 Å². The molecule has 1 aromatic rings. The molecule has 2 heterocycles. The van der Waals surface area contributed by atoms with Gasteiger partial charge in [0.05, 0.1) is 6.61 Å². The van der Waals surface area contributed by atoms with Crippen LogP contribution >= 0.6 is 15.9 Å². The van der Waals surface area contributed by atoms with Crippen molar-refractivity contribution in [1.29, 1.82) is 0 Å². The summed E-state index contributed by atoms with van der Waals surface area (Å²) in [7, 11) is 0. The normalized spacial score (nSPS) is 25.9. The number of fused-ring (bicyclic) bond motifs is 3. The van der Waals surface area contributed by atoms with E-state index in [0.717, 1.165) is 22.2 Å². The van der Waals surface area contributed by atoms with Gasteiger partial charge >= 0.3 is 6.09 Å². The molecule has 0 bridgehead atoms. The SMILES string of the molecule is O=C(O)N1C[C@@H]2CCOc3ccc(Br)cc3[C@H]2C1. The number of amides is 1. The van der Waals surface area contributed by atoms with Crippen LogP contribution in [0.1, 0.15) is 17.9 Å². The quantitative estimate of drug-likeness (QED) is 0.801. The van der Waals surface area contributed by atoms with Gasteiger partial charge in [-0.05, 0) is 30.5 Å². The first kappa shape index (κ1) is 11.8. The van der Waals surface area contributed by atoms with Crippen LogP contribution in [0.3, 0.4) is 0 Å². The molecule has 2 aliphatic heterocycles. The van der Waals surface area contributed by atoms with Crippen molar-refractivity contribution >= 4 is 22.0 Å². The van der Waals surface area contributed by atoms with Crippen LogP contribution in [0.15, 0.2) is 22.7 Å². The minimum Gasteiger partial charge on any atom is -0.493 e. The Balaban J connectivity index is 1.97. The van der Waals surface area contributed by atoms with Crippen LogP contribution in [0.4, 0.5) is 4.79 Å². The summed E-state index contributed by atoms with van der Waals surface area (Å²) in [5, 5.41) is 9.12. The van der Waals surface area contributed by atoms with Gasteiger partial charge in [0.15, 0.2) is 0 Å². The van der Waals surface area contributed by atoms with Crippen LogP contribution in [0.2, 0.25) is 0 Å². The van der Waals surface area contributed by atoms with Crippen LogP contribution in [0.5, 0.6) is 5.75 Å². The lowest BCUT2D eigenvalue weighted by Gasteiger charge is -2.16. The maximum absolute atomic E-state index is 11.1. The predicted octanol–water partition coefficient (Wildman–Crippen LogP) is 2.93. The zero-order valence-corrected chi connectivity index (χ0v) is 11.4. The summed E-state index contributed by atoms with van der Waals surface area (Å²) >= 11 is 3.47. The second kappa shape index (κ2) is 4.46. The summed E-state index contributed by atoms with van der Waals surface area (Å²) in [6, 6.07) is 5.98. The van der Waals surface area contributed by atoms with E-state index in [4.69, 9.17) is 9.84 Å². The van der Waals surface area contributed by atoms with Gasteiger partial charge in [0, 0.05) is 29.0 Å². The van der Waals surface area contributed by atoms with E-state index in [0.29, 0.717) is 25.6 Å². The standard InChI is InChI=1S/C13H14BrNO3/c14-9-1-2-12-10(5-9)11-7-15(13(16)17)6-8(11)3-4-18-12/h1-2,5,8,11H,3-4,6-7H2,(H,16,17)/t8-,11-/m0/s1. The van der Waals surface area contributed by atoms with Crippen molar-refractivity contribution in [3.8, 4) is 5.75 Å². The molecule has 1 amide bonds. The fourth-order valence-corrected chi connectivity index (χ4v) is 3.31. The Hall–Kier alpha value is -1.23. The van der Waals surface area contributed by atoms with Gasteiger partial charge in [0.2, 0.25) is 0 Å². The third-order valence-corrected chi connectivity index (χ3v) is 4.32. The Morgan fingerprint density at radius 3 is 3.06 bits per heavy atom. The van der Waals surface area contributed by atoms with E-state index in [1.54, 1.807) is 0 Å². The molecule has 0 spiro atoms. The van der Waals surface area contributed by atoms with E-state index < -0.39 is 6.09 Å². The fraction of sp³-hybridized carbons (Fsp3) is 0.462. The van der Waals surface area contributed by atoms with Crippen LogP contribution in [0, 0.1) is 5.92 Å². The number of carbonyl (C=O) groups is 1. The van der Waals surface area contributed by atoms with Gasteiger partial charge in [-0.2, -0.15) is 0 Å². The number of rotatable bonds is 0. The van der Waals surface area contributed by atoms with E-state index in [2.05, 4.69) is 22.0 Å². The lowest BCUT2D eigenvalue weighted by Crippen LogP contribution is -2.27. The molecule has 0 radical (unpaired) electrons. The molecule has 1 fully saturated rings. The topological polar surface area (TPSA) is 49.8 Å². The molecule has 0 saturated carbocycles. The van der Waals surface area contributed by atoms with Crippen LogP contribution < -0.4 is 4.74 Å². The molecule has 4 nitrogen and oxygen atoms in total. The van der Waals surface area contributed by atoms with Gasteiger partial charge in [0.25, 0.3) is 0 Å². The third-order valence-electron chi connectivity index (χ3n) is 3.83. The Labute approximate surface area is 114 Å². The first-order chi connectivity index (χ1) is 8.65. The van der Waals surface area contributed by atoms with E-state index in [-0.39, 0.29) is 5.92 Å². The number of hydrogen-bond acceptors (Lipinski definition) is 2. The molecule has 3 rings (SSSR count). The smallest absolute Gasteiger partial charge is 0.407 e. The lowest BCUT2D eigenvalue weighted by molar-refractivity contribution is 0.152. The maximum Gasteiger partial charge on any atom is 0.407 e. The van der Waals surface area contributed by atoms with Gasteiger partial charge in [-0.25, -0.2) is 4.79 Å². The van der Waals surface area contributed by atoms with Crippen LogP contribution in [-0.2, 0) is 0 Å².